The van der Waals surface area contributed by atoms with Gasteiger partial charge in [-0.15, -0.1) is 0 Å². The first-order valence-electron chi connectivity index (χ1n) is 5.32. The van der Waals surface area contributed by atoms with E-state index in [0.717, 1.165) is 4.90 Å². The van der Waals surface area contributed by atoms with Gasteiger partial charge in [0.05, 0.1) is 0 Å². The van der Waals surface area contributed by atoms with Crippen molar-refractivity contribution in [1.82, 2.24) is 4.90 Å². The highest BCUT2D eigenvalue weighted by Crippen LogP contribution is 2.55. The Morgan fingerprint density at radius 2 is 2.19 bits per heavy atom. The average Bonchev–Trinajstić information content (AvgIpc) is 2.70. The first-order chi connectivity index (χ1) is 7.30. The topological polar surface area (TPSA) is 63.7 Å². The normalized spacial score (nSPS) is 32.3. The molecule has 88 valence electrons. The van der Waals surface area contributed by atoms with Crippen LogP contribution in [-0.4, -0.2) is 34.3 Å². The van der Waals surface area contributed by atoms with Crippen molar-refractivity contribution in [2.45, 2.75) is 44.8 Å². The summed E-state index contributed by atoms with van der Waals surface area (Å²) in [6.07, 6.45) is 0.857. The van der Waals surface area contributed by atoms with Crippen molar-refractivity contribution in [3.8, 4) is 0 Å². The fourth-order valence-electron chi connectivity index (χ4n) is 2.17. The van der Waals surface area contributed by atoms with E-state index in [-0.39, 0.29) is 18.2 Å². The molecule has 0 radical (unpaired) electrons. The van der Waals surface area contributed by atoms with Gasteiger partial charge in [-0.3, -0.25) is 4.79 Å². The zero-order valence-corrected chi connectivity index (χ0v) is 9.65. The van der Waals surface area contributed by atoms with Crippen LogP contribution >= 0.6 is 0 Å². The Labute approximate surface area is 93.7 Å². The smallest absolute Gasteiger partial charge is 0.417 e. The maximum Gasteiger partial charge on any atom is 0.417 e. The van der Waals surface area contributed by atoms with E-state index in [9.17, 15) is 14.4 Å². The molecule has 0 aromatic rings. The number of hydrogen-bond donors (Lipinski definition) is 0. The lowest BCUT2D eigenvalue weighted by molar-refractivity contribution is -0.132. The highest BCUT2D eigenvalue weighted by molar-refractivity contribution is 6.02. The molecule has 0 bridgehead atoms. The van der Waals surface area contributed by atoms with Gasteiger partial charge in [-0.25, -0.2) is 9.69 Å². The number of nitrogens with zero attached hydrogens (tertiary/aromatic N) is 1. The number of amides is 2. The van der Waals surface area contributed by atoms with Crippen LogP contribution < -0.4 is 0 Å². The van der Waals surface area contributed by atoms with Gasteiger partial charge in [-0.2, -0.15) is 0 Å². The van der Waals surface area contributed by atoms with E-state index in [0.29, 0.717) is 12.7 Å². The lowest BCUT2D eigenvalue weighted by Gasteiger charge is -2.27. The molecule has 0 spiro atoms. The first-order valence-corrected chi connectivity index (χ1v) is 5.32. The molecule has 2 amide bonds. The van der Waals surface area contributed by atoms with Gasteiger partial charge in [0.2, 0.25) is 5.91 Å². The van der Waals surface area contributed by atoms with E-state index in [1.165, 1.54) is 0 Å². The fraction of sp³-hybridized carbons (Fsp3) is 0.727. The van der Waals surface area contributed by atoms with E-state index in [1.54, 1.807) is 20.8 Å². The molecule has 0 aromatic heterocycles. The summed E-state index contributed by atoms with van der Waals surface area (Å²) in [5, 5.41) is 0. The van der Waals surface area contributed by atoms with Gasteiger partial charge in [0, 0.05) is 12.3 Å². The van der Waals surface area contributed by atoms with E-state index in [1.807, 2.05) is 0 Å². The number of likely N-dealkylation sites (tertiary alicyclic amines) is 1. The molecular formula is C11H15NO4. The predicted octanol–water partition coefficient (Wildman–Crippen LogP) is 1.11. The Balaban J connectivity index is 2.17. The molecule has 1 saturated carbocycles. The van der Waals surface area contributed by atoms with E-state index in [4.69, 9.17) is 4.74 Å². The Morgan fingerprint density at radius 1 is 1.56 bits per heavy atom. The molecule has 1 heterocycles. The number of imide groups is 1. The molecule has 2 rings (SSSR count). The second-order valence-electron chi connectivity index (χ2n) is 5.42. The number of fused-ring (bicyclic) bond motifs is 1. The second-order valence-corrected chi connectivity index (χ2v) is 5.42. The lowest BCUT2D eigenvalue weighted by Crippen LogP contribution is -2.46. The van der Waals surface area contributed by atoms with Crippen LogP contribution in [0.3, 0.4) is 0 Å². The fourth-order valence-corrected chi connectivity index (χ4v) is 2.17. The van der Waals surface area contributed by atoms with E-state index >= 15 is 0 Å². The zero-order chi connectivity index (χ0) is 12.1. The Hall–Kier alpha value is -1.39. The summed E-state index contributed by atoms with van der Waals surface area (Å²) < 4.78 is 5.12. The Kier molecular flexibility index (Phi) is 2.12. The van der Waals surface area contributed by atoms with Gasteiger partial charge in [0.15, 0.2) is 0 Å². The van der Waals surface area contributed by atoms with Gasteiger partial charge in [-0.05, 0) is 27.2 Å². The van der Waals surface area contributed by atoms with Gasteiger partial charge in [0.25, 0.3) is 0 Å². The zero-order valence-electron chi connectivity index (χ0n) is 9.65. The molecule has 5 nitrogen and oxygen atoms in total. The largest absolute Gasteiger partial charge is 0.443 e. The third kappa shape index (κ3) is 1.50. The summed E-state index contributed by atoms with van der Waals surface area (Å²) in [5.41, 5.74) is -1.55. The number of hydrogen-bond acceptors (Lipinski definition) is 4. The number of piperidine rings is 1. The highest BCUT2D eigenvalue weighted by atomic mass is 16.6. The summed E-state index contributed by atoms with van der Waals surface area (Å²) in [5.74, 6) is -0.303. The van der Waals surface area contributed by atoms with Crippen molar-refractivity contribution in [3.05, 3.63) is 0 Å². The predicted molar refractivity (Wildman–Crippen MR) is 54.6 cm³/mol. The van der Waals surface area contributed by atoms with Crippen LogP contribution in [0, 0.1) is 5.92 Å². The van der Waals surface area contributed by atoms with Gasteiger partial charge >= 0.3 is 6.09 Å². The van der Waals surface area contributed by atoms with E-state index in [2.05, 4.69) is 0 Å². The van der Waals surface area contributed by atoms with Crippen molar-refractivity contribution >= 4 is 18.3 Å². The lowest BCUT2D eigenvalue weighted by atomic mass is 10.2. The standard InChI is InChI=1S/C11H15NO4/c1-10(2,3)16-9(15)12-8(14)4-7-5-11(7,12)6-13/h6-7H,4-5H2,1-3H3/t7-,11-/m1/s1. The van der Waals surface area contributed by atoms with Crippen molar-refractivity contribution in [2.24, 2.45) is 5.92 Å². The van der Waals surface area contributed by atoms with Crippen LogP contribution in [0.1, 0.15) is 33.6 Å². The third-order valence-electron chi connectivity index (χ3n) is 2.99. The molecule has 5 heteroatoms. The van der Waals surface area contributed by atoms with Crippen molar-refractivity contribution in [1.29, 1.82) is 0 Å². The molecule has 0 unspecified atom stereocenters. The SMILES string of the molecule is CC(C)(C)OC(=O)N1C(=O)C[C@@H]2C[C@@]21C=O. The molecule has 1 saturated heterocycles. The molecule has 2 aliphatic rings. The van der Waals surface area contributed by atoms with E-state index < -0.39 is 17.2 Å². The maximum atomic E-state index is 11.8. The molecule has 16 heavy (non-hydrogen) atoms. The summed E-state index contributed by atoms with van der Waals surface area (Å²) in [6, 6.07) is 0. The van der Waals surface area contributed by atoms with Gasteiger partial charge in [0.1, 0.15) is 17.4 Å². The van der Waals surface area contributed by atoms with Crippen LogP contribution in [0.4, 0.5) is 4.79 Å². The molecule has 2 atom stereocenters. The monoisotopic (exact) mass is 225 g/mol. The summed E-state index contributed by atoms with van der Waals surface area (Å²) in [4.78, 5) is 35.4. The number of rotatable bonds is 1. The van der Waals surface area contributed by atoms with Gasteiger partial charge < -0.3 is 9.53 Å². The summed E-state index contributed by atoms with van der Waals surface area (Å²) >= 11 is 0. The van der Waals surface area contributed by atoms with Crippen molar-refractivity contribution in [2.75, 3.05) is 0 Å². The van der Waals surface area contributed by atoms with Crippen LogP contribution in [-0.2, 0) is 14.3 Å². The number of ether oxygens (including phenoxy) is 1. The molecule has 1 aliphatic carbocycles. The highest BCUT2D eigenvalue weighted by Gasteiger charge is 2.68. The number of aldehydes is 1. The average molecular weight is 225 g/mol. The van der Waals surface area contributed by atoms with Crippen molar-refractivity contribution < 1.29 is 19.1 Å². The minimum atomic E-state index is -0.889. The minimum absolute atomic E-state index is 0.00465. The minimum Gasteiger partial charge on any atom is -0.443 e. The van der Waals surface area contributed by atoms with Crippen LogP contribution in [0.2, 0.25) is 0 Å². The third-order valence-corrected chi connectivity index (χ3v) is 2.99. The molecule has 0 aromatic carbocycles. The summed E-state index contributed by atoms with van der Waals surface area (Å²) in [7, 11) is 0. The number of carbonyl (C=O) groups excluding carboxylic acids is 3. The molecule has 1 aliphatic heterocycles. The second kappa shape index (κ2) is 3.06. The first kappa shape index (κ1) is 11.1. The molecule has 0 N–H and O–H groups in total. The van der Waals surface area contributed by atoms with Crippen LogP contribution in [0.15, 0.2) is 0 Å². The molecular weight excluding hydrogens is 210 g/mol. The van der Waals surface area contributed by atoms with Gasteiger partial charge in [-0.1, -0.05) is 0 Å². The summed E-state index contributed by atoms with van der Waals surface area (Å²) in [6.45, 7) is 5.18. The quantitative estimate of drug-likeness (QED) is 0.627. The maximum absolute atomic E-state index is 11.8. The Morgan fingerprint density at radius 3 is 2.69 bits per heavy atom. The Bertz CT molecular complexity index is 371. The van der Waals surface area contributed by atoms with Crippen LogP contribution in [0.25, 0.3) is 0 Å². The van der Waals surface area contributed by atoms with Crippen molar-refractivity contribution in [3.63, 3.8) is 0 Å². The number of carbonyl (C=O) groups is 3. The van der Waals surface area contributed by atoms with Crippen LogP contribution in [0.5, 0.6) is 0 Å². The molecule has 2 fully saturated rings.